The van der Waals surface area contributed by atoms with Crippen molar-refractivity contribution in [3.05, 3.63) is 45.1 Å². The normalized spacial score (nSPS) is 21.1. The number of benzene rings is 1. The fourth-order valence-electron chi connectivity index (χ4n) is 3.93. The summed E-state index contributed by atoms with van der Waals surface area (Å²) in [5, 5.41) is 17.6. The molecule has 1 saturated heterocycles. The number of fused-ring (bicyclic) bond motifs is 1. The van der Waals surface area contributed by atoms with Crippen molar-refractivity contribution in [1.29, 1.82) is 0 Å². The number of anilines is 1. The van der Waals surface area contributed by atoms with Crippen molar-refractivity contribution < 1.29 is 9.90 Å². The Kier molecular flexibility index (Phi) is 5.55. The molecule has 6 nitrogen and oxygen atoms in total. The van der Waals surface area contributed by atoms with Crippen LogP contribution in [0, 0.1) is 0 Å². The van der Waals surface area contributed by atoms with E-state index in [2.05, 4.69) is 31.2 Å². The standard InChI is InChI=1S/C19H22BrClN4O2/c20-13-3-1-4-14(18(13)21)22-19(27)15-11-17-16(5-2-8-25(17)23-15)24-9-6-12(26)7-10-24/h1,3-4,11-12,16,26H,2,5-10H2,(H,22,27)/t16-/m0/s1. The Morgan fingerprint density at radius 3 is 2.81 bits per heavy atom. The maximum atomic E-state index is 12.7. The predicted molar refractivity (Wildman–Crippen MR) is 108 cm³/mol. The van der Waals surface area contributed by atoms with Crippen molar-refractivity contribution in [1.82, 2.24) is 14.7 Å². The fourth-order valence-corrected chi connectivity index (χ4v) is 4.47. The van der Waals surface area contributed by atoms with Gasteiger partial charge in [0, 0.05) is 24.1 Å². The average Bonchev–Trinajstić information content (AvgIpc) is 3.11. The summed E-state index contributed by atoms with van der Waals surface area (Å²) in [6, 6.07) is 7.58. The molecule has 2 N–H and O–H groups in total. The van der Waals surface area contributed by atoms with E-state index in [1.807, 2.05) is 22.9 Å². The first kappa shape index (κ1) is 18.9. The van der Waals surface area contributed by atoms with Gasteiger partial charge in [0.15, 0.2) is 5.69 Å². The molecule has 3 heterocycles. The number of hydrogen-bond donors (Lipinski definition) is 2. The highest BCUT2D eigenvalue weighted by atomic mass is 79.9. The topological polar surface area (TPSA) is 70.4 Å². The minimum absolute atomic E-state index is 0.189. The second-order valence-electron chi connectivity index (χ2n) is 7.16. The molecule has 0 saturated carbocycles. The highest BCUT2D eigenvalue weighted by Crippen LogP contribution is 2.34. The summed E-state index contributed by atoms with van der Waals surface area (Å²) in [5.41, 5.74) is 2.05. The van der Waals surface area contributed by atoms with Gasteiger partial charge in [0.25, 0.3) is 5.91 Å². The average molecular weight is 454 g/mol. The number of aryl methyl sites for hydroxylation is 1. The second kappa shape index (κ2) is 7.91. The lowest BCUT2D eigenvalue weighted by atomic mass is 9.98. The molecule has 4 rings (SSSR count). The van der Waals surface area contributed by atoms with Crippen LogP contribution < -0.4 is 5.32 Å². The predicted octanol–water partition coefficient (Wildman–Crippen LogP) is 3.84. The quantitative estimate of drug-likeness (QED) is 0.741. The molecule has 2 aliphatic rings. The van der Waals surface area contributed by atoms with Gasteiger partial charge in [-0.1, -0.05) is 17.7 Å². The lowest BCUT2D eigenvalue weighted by Crippen LogP contribution is -2.40. The molecule has 0 bridgehead atoms. The van der Waals surface area contributed by atoms with Crippen molar-refractivity contribution in [3.63, 3.8) is 0 Å². The van der Waals surface area contributed by atoms with E-state index in [-0.39, 0.29) is 18.1 Å². The van der Waals surface area contributed by atoms with Gasteiger partial charge in [0.1, 0.15) is 0 Å². The van der Waals surface area contributed by atoms with Crippen LogP contribution in [0.4, 0.5) is 5.69 Å². The van der Waals surface area contributed by atoms with Gasteiger partial charge in [0.05, 0.1) is 28.5 Å². The first-order valence-corrected chi connectivity index (χ1v) is 10.5. The molecular formula is C19H22BrClN4O2. The van der Waals surface area contributed by atoms with Crippen molar-refractivity contribution in [2.24, 2.45) is 0 Å². The number of halogens is 2. The number of likely N-dealkylation sites (tertiary alicyclic amines) is 1. The van der Waals surface area contributed by atoms with Gasteiger partial charge in [-0.2, -0.15) is 5.10 Å². The maximum absolute atomic E-state index is 12.7. The van der Waals surface area contributed by atoms with Crippen LogP contribution >= 0.6 is 27.5 Å². The van der Waals surface area contributed by atoms with Crippen LogP contribution in [-0.2, 0) is 6.54 Å². The molecule has 0 aliphatic carbocycles. The SMILES string of the molecule is O=C(Nc1cccc(Br)c1Cl)c1cc2n(n1)CCC[C@@H]2N1CCC(O)CC1. The first-order valence-electron chi connectivity index (χ1n) is 9.28. The van der Waals surface area contributed by atoms with Crippen LogP contribution in [0.15, 0.2) is 28.7 Å². The van der Waals surface area contributed by atoms with E-state index < -0.39 is 0 Å². The largest absolute Gasteiger partial charge is 0.393 e. The van der Waals surface area contributed by atoms with Crippen LogP contribution in [0.25, 0.3) is 0 Å². The highest BCUT2D eigenvalue weighted by molar-refractivity contribution is 9.10. The van der Waals surface area contributed by atoms with Gasteiger partial charge in [-0.3, -0.25) is 14.4 Å². The fraction of sp³-hybridized carbons (Fsp3) is 0.474. The van der Waals surface area contributed by atoms with E-state index in [9.17, 15) is 9.90 Å². The van der Waals surface area contributed by atoms with E-state index in [1.165, 1.54) is 0 Å². The van der Waals surface area contributed by atoms with E-state index in [4.69, 9.17) is 11.6 Å². The summed E-state index contributed by atoms with van der Waals surface area (Å²) in [6.45, 7) is 2.59. The lowest BCUT2D eigenvalue weighted by Gasteiger charge is -2.38. The molecule has 2 aromatic rings. The molecule has 8 heteroatoms. The molecule has 1 atom stereocenters. The van der Waals surface area contributed by atoms with Crippen molar-refractivity contribution in [2.75, 3.05) is 18.4 Å². The van der Waals surface area contributed by atoms with Crippen molar-refractivity contribution in [2.45, 2.75) is 44.4 Å². The number of aromatic nitrogens is 2. The Morgan fingerprint density at radius 1 is 1.26 bits per heavy atom. The Morgan fingerprint density at radius 2 is 2.04 bits per heavy atom. The summed E-state index contributed by atoms with van der Waals surface area (Å²) < 4.78 is 2.69. The zero-order valence-electron chi connectivity index (χ0n) is 14.9. The summed E-state index contributed by atoms with van der Waals surface area (Å²) in [6.07, 6.45) is 3.52. The molecule has 0 radical (unpaired) electrons. The van der Waals surface area contributed by atoms with E-state index >= 15 is 0 Å². The third kappa shape index (κ3) is 3.92. The smallest absolute Gasteiger partial charge is 0.276 e. The van der Waals surface area contributed by atoms with E-state index in [0.717, 1.165) is 55.5 Å². The van der Waals surface area contributed by atoms with Gasteiger partial charge in [0.2, 0.25) is 0 Å². The molecule has 144 valence electrons. The van der Waals surface area contributed by atoms with Crippen LogP contribution in [-0.4, -0.2) is 44.9 Å². The molecule has 2 aliphatic heterocycles. The number of carbonyl (C=O) groups is 1. The molecule has 0 spiro atoms. The monoisotopic (exact) mass is 452 g/mol. The number of carbonyl (C=O) groups excluding carboxylic acids is 1. The van der Waals surface area contributed by atoms with Crippen LogP contribution in [0.1, 0.15) is 47.9 Å². The number of hydrogen-bond acceptors (Lipinski definition) is 4. The number of aliphatic hydroxyl groups excluding tert-OH is 1. The van der Waals surface area contributed by atoms with Gasteiger partial charge >= 0.3 is 0 Å². The molecule has 1 amide bonds. The van der Waals surface area contributed by atoms with E-state index in [0.29, 0.717) is 16.4 Å². The van der Waals surface area contributed by atoms with E-state index in [1.54, 1.807) is 6.07 Å². The molecular weight excluding hydrogens is 432 g/mol. The highest BCUT2D eigenvalue weighted by Gasteiger charge is 2.31. The summed E-state index contributed by atoms with van der Waals surface area (Å²) in [4.78, 5) is 15.1. The molecule has 0 unspecified atom stereocenters. The number of nitrogens with one attached hydrogen (secondary N) is 1. The number of rotatable bonds is 3. The lowest BCUT2D eigenvalue weighted by molar-refractivity contribution is 0.0512. The molecule has 1 aromatic carbocycles. The number of amides is 1. The second-order valence-corrected chi connectivity index (χ2v) is 8.39. The molecule has 1 aromatic heterocycles. The van der Waals surface area contributed by atoms with Gasteiger partial charge in [-0.05, 0) is 59.8 Å². The summed E-state index contributed by atoms with van der Waals surface area (Å²) >= 11 is 9.62. The number of aliphatic hydroxyl groups is 1. The Balaban J connectivity index is 1.54. The molecule has 1 fully saturated rings. The minimum Gasteiger partial charge on any atom is -0.393 e. The van der Waals surface area contributed by atoms with Crippen LogP contribution in [0.5, 0.6) is 0 Å². The summed E-state index contributed by atoms with van der Waals surface area (Å²) in [5.74, 6) is -0.260. The van der Waals surface area contributed by atoms with Crippen LogP contribution in [0.3, 0.4) is 0 Å². The maximum Gasteiger partial charge on any atom is 0.276 e. The first-order chi connectivity index (χ1) is 13.0. The zero-order valence-corrected chi connectivity index (χ0v) is 17.2. The third-order valence-corrected chi connectivity index (χ3v) is 6.67. The van der Waals surface area contributed by atoms with Crippen molar-refractivity contribution in [3.8, 4) is 0 Å². The minimum atomic E-state index is -0.260. The third-order valence-electron chi connectivity index (χ3n) is 5.37. The summed E-state index contributed by atoms with van der Waals surface area (Å²) in [7, 11) is 0. The Hall–Kier alpha value is -1.41. The zero-order chi connectivity index (χ0) is 19.0. The van der Waals surface area contributed by atoms with Crippen molar-refractivity contribution >= 4 is 39.1 Å². The van der Waals surface area contributed by atoms with Crippen LogP contribution in [0.2, 0.25) is 5.02 Å². The number of piperidine rings is 1. The van der Waals surface area contributed by atoms with Gasteiger partial charge in [-0.15, -0.1) is 0 Å². The Labute approximate surface area is 171 Å². The van der Waals surface area contributed by atoms with Gasteiger partial charge < -0.3 is 10.4 Å². The Bertz CT molecular complexity index is 848. The van der Waals surface area contributed by atoms with Gasteiger partial charge in [-0.25, -0.2) is 0 Å². The number of nitrogens with zero attached hydrogens (tertiary/aromatic N) is 3. The molecule has 27 heavy (non-hydrogen) atoms.